The summed E-state index contributed by atoms with van der Waals surface area (Å²) in [4.78, 5) is 28.0. The highest BCUT2D eigenvalue weighted by Gasteiger charge is 2.66. The lowest BCUT2D eigenvalue weighted by Crippen LogP contribution is -2.37. The van der Waals surface area contributed by atoms with Crippen LogP contribution in [0.5, 0.6) is 0 Å². The van der Waals surface area contributed by atoms with E-state index in [9.17, 15) is 9.59 Å². The second kappa shape index (κ2) is 4.91. The number of alkyl halides is 2. The summed E-state index contributed by atoms with van der Waals surface area (Å²) < 4.78 is 0. The maximum Gasteiger partial charge on any atom is 0.238 e. The van der Waals surface area contributed by atoms with Crippen LogP contribution in [0.15, 0.2) is 18.2 Å². The molecule has 2 aliphatic carbocycles. The molecule has 0 unspecified atom stereocenters. The molecule has 116 valence electrons. The molecule has 22 heavy (non-hydrogen) atoms. The number of hydrogen-bond acceptors (Lipinski definition) is 2. The number of carbonyl (C=O) groups excluding carboxylic acids is 2. The highest BCUT2D eigenvalue weighted by molar-refractivity contribution is 9.12. The van der Waals surface area contributed by atoms with Crippen molar-refractivity contribution in [2.45, 2.75) is 29.9 Å². The molecule has 2 saturated carbocycles. The molecular weight excluding hydrogens is 410 g/mol. The van der Waals surface area contributed by atoms with Crippen LogP contribution < -0.4 is 4.90 Å². The van der Waals surface area contributed by atoms with Gasteiger partial charge in [0.2, 0.25) is 11.8 Å². The normalized spacial score (nSPS) is 39.7. The fourth-order valence-electron chi connectivity index (χ4n) is 4.55. The number of carbonyl (C=O) groups is 2. The molecule has 1 aromatic rings. The number of hydrogen-bond donors (Lipinski definition) is 0. The average Bonchev–Trinajstić information content (AvgIpc) is 3.07. The van der Waals surface area contributed by atoms with Crippen molar-refractivity contribution >= 4 is 49.4 Å². The van der Waals surface area contributed by atoms with Gasteiger partial charge in [0.15, 0.2) is 0 Å². The van der Waals surface area contributed by atoms with Crippen molar-refractivity contribution in [3.63, 3.8) is 0 Å². The smallest absolute Gasteiger partial charge is 0.238 e. The van der Waals surface area contributed by atoms with Gasteiger partial charge in [-0.25, -0.2) is 4.90 Å². The summed E-state index contributed by atoms with van der Waals surface area (Å²) in [5.74, 6) is 0.253. The van der Waals surface area contributed by atoms with Crippen LogP contribution in [-0.4, -0.2) is 21.5 Å². The van der Waals surface area contributed by atoms with E-state index in [4.69, 9.17) is 0 Å². The molecule has 0 N–H and O–H groups in total. The second-order valence-corrected chi connectivity index (χ2v) is 8.92. The largest absolute Gasteiger partial charge is 0.274 e. The number of aryl methyl sites for hydroxylation is 2. The lowest BCUT2D eigenvalue weighted by Gasteiger charge is -2.28. The molecule has 2 bridgehead atoms. The lowest BCUT2D eigenvalue weighted by atomic mass is 9.81. The Hall–Kier alpha value is -0.680. The van der Waals surface area contributed by atoms with Gasteiger partial charge in [-0.1, -0.05) is 44.0 Å². The van der Waals surface area contributed by atoms with Gasteiger partial charge in [0, 0.05) is 9.65 Å². The van der Waals surface area contributed by atoms with Gasteiger partial charge in [-0.3, -0.25) is 9.59 Å². The minimum absolute atomic E-state index is 0.0000463. The molecule has 3 nitrogen and oxygen atoms in total. The third kappa shape index (κ3) is 1.78. The van der Waals surface area contributed by atoms with Crippen molar-refractivity contribution in [3.05, 3.63) is 29.3 Å². The third-order valence-corrected chi connectivity index (χ3v) is 8.80. The van der Waals surface area contributed by atoms with E-state index in [1.807, 2.05) is 32.0 Å². The highest BCUT2D eigenvalue weighted by atomic mass is 79.9. The van der Waals surface area contributed by atoms with Crippen LogP contribution in [-0.2, 0) is 9.59 Å². The van der Waals surface area contributed by atoms with Crippen LogP contribution in [0.3, 0.4) is 0 Å². The summed E-state index contributed by atoms with van der Waals surface area (Å²) >= 11 is 7.44. The number of rotatable bonds is 1. The van der Waals surface area contributed by atoms with E-state index in [1.54, 1.807) is 0 Å². The zero-order chi connectivity index (χ0) is 15.8. The first-order valence-electron chi connectivity index (χ1n) is 7.65. The zero-order valence-corrected chi connectivity index (χ0v) is 15.6. The van der Waals surface area contributed by atoms with Crippen LogP contribution in [0.25, 0.3) is 0 Å². The Morgan fingerprint density at radius 3 is 2.09 bits per heavy atom. The van der Waals surface area contributed by atoms with Crippen molar-refractivity contribution in [2.24, 2.45) is 23.7 Å². The van der Waals surface area contributed by atoms with Crippen molar-refractivity contribution in [1.29, 1.82) is 0 Å². The number of amides is 2. The third-order valence-electron chi connectivity index (χ3n) is 5.59. The predicted molar refractivity (Wildman–Crippen MR) is 92.4 cm³/mol. The van der Waals surface area contributed by atoms with Crippen LogP contribution in [0, 0.1) is 37.5 Å². The van der Waals surface area contributed by atoms with Crippen molar-refractivity contribution in [1.82, 2.24) is 0 Å². The first-order chi connectivity index (χ1) is 10.4. The molecule has 1 heterocycles. The summed E-state index contributed by atoms with van der Waals surface area (Å²) in [5, 5.41) is 0. The van der Waals surface area contributed by atoms with E-state index < -0.39 is 0 Å². The van der Waals surface area contributed by atoms with Crippen LogP contribution in [0.2, 0.25) is 0 Å². The Kier molecular flexibility index (Phi) is 3.32. The van der Waals surface area contributed by atoms with Crippen molar-refractivity contribution < 1.29 is 9.59 Å². The molecule has 4 rings (SSSR count). The number of imide groups is 1. The quantitative estimate of drug-likeness (QED) is 0.508. The van der Waals surface area contributed by atoms with Gasteiger partial charge in [-0.2, -0.15) is 0 Å². The molecule has 5 heteroatoms. The number of fused-ring (bicyclic) bond motifs is 5. The first-order valence-corrected chi connectivity index (χ1v) is 9.48. The number of benzene rings is 1. The number of halogens is 2. The van der Waals surface area contributed by atoms with E-state index in [0.29, 0.717) is 0 Å². The molecular formula is C17H17Br2NO2. The van der Waals surface area contributed by atoms with Gasteiger partial charge in [-0.05, 0) is 49.3 Å². The van der Waals surface area contributed by atoms with Crippen LogP contribution >= 0.6 is 31.9 Å². The summed E-state index contributed by atoms with van der Waals surface area (Å²) in [6.45, 7) is 3.94. The SMILES string of the molecule is Cc1ccc(C)c(N2C(=O)[C@@H]3[C@H]4C[C@@H]([C@H](Br)[C@H]4Br)[C@@H]3C2=O)c1. The van der Waals surface area contributed by atoms with Crippen molar-refractivity contribution in [2.75, 3.05) is 4.90 Å². The molecule has 6 atom stereocenters. The number of nitrogens with zero attached hydrogens (tertiary/aromatic N) is 1. The second-order valence-electron chi connectivity index (χ2n) is 6.81. The summed E-state index contributed by atoms with van der Waals surface area (Å²) in [7, 11) is 0. The van der Waals surface area contributed by atoms with E-state index in [1.165, 1.54) is 4.90 Å². The lowest BCUT2D eigenvalue weighted by molar-refractivity contribution is -0.123. The minimum Gasteiger partial charge on any atom is -0.274 e. The Morgan fingerprint density at radius 1 is 1.00 bits per heavy atom. The topological polar surface area (TPSA) is 37.4 Å². The Balaban J connectivity index is 1.77. The molecule has 0 aromatic heterocycles. The fraction of sp³-hybridized carbons (Fsp3) is 0.529. The summed E-state index contributed by atoms with van der Waals surface area (Å²) in [5.41, 5.74) is 2.81. The minimum atomic E-state index is -0.143. The van der Waals surface area contributed by atoms with E-state index >= 15 is 0 Å². The van der Waals surface area contributed by atoms with E-state index in [-0.39, 0.29) is 45.1 Å². The Morgan fingerprint density at radius 2 is 1.55 bits per heavy atom. The zero-order valence-electron chi connectivity index (χ0n) is 12.4. The monoisotopic (exact) mass is 425 g/mol. The molecule has 0 spiro atoms. The molecule has 2 amide bonds. The molecule has 1 aliphatic heterocycles. The van der Waals surface area contributed by atoms with Gasteiger partial charge < -0.3 is 0 Å². The maximum absolute atomic E-state index is 13.0. The van der Waals surface area contributed by atoms with E-state index in [2.05, 4.69) is 31.9 Å². The fourth-order valence-corrected chi connectivity index (χ4v) is 6.42. The standard InChI is InChI=1S/C17H17Br2NO2/c1-7-3-4-8(2)11(5-7)20-16(21)12-9-6-10(13(12)17(20)22)15(19)14(9)18/h3-5,9-10,12-15H,6H2,1-2H3/t9-,10-,12-,13+,14+,15+/m1/s1. The van der Waals surface area contributed by atoms with Gasteiger partial charge >= 0.3 is 0 Å². The van der Waals surface area contributed by atoms with Crippen LogP contribution in [0.4, 0.5) is 5.69 Å². The molecule has 1 aromatic carbocycles. The Labute approximate surface area is 146 Å². The molecule has 3 aliphatic rings. The highest BCUT2D eigenvalue weighted by Crippen LogP contribution is 2.60. The Bertz CT molecular complexity index is 657. The van der Waals surface area contributed by atoms with E-state index in [0.717, 1.165) is 23.2 Å². The van der Waals surface area contributed by atoms with Gasteiger partial charge in [-0.15, -0.1) is 0 Å². The van der Waals surface area contributed by atoms with Gasteiger partial charge in [0.05, 0.1) is 17.5 Å². The summed E-state index contributed by atoms with van der Waals surface area (Å²) in [6.07, 6.45) is 0.972. The first kappa shape index (κ1) is 14.9. The average molecular weight is 427 g/mol. The molecule has 0 radical (unpaired) electrons. The van der Waals surface area contributed by atoms with Crippen LogP contribution in [0.1, 0.15) is 17.5 Å². The predicted octanol–water partition coefficient (Wildman–Crippen LogP) is 3.59. The molecule has 1 saturated heterocycles. The van der Waals surface area contributed by atoms with Crippen molar-refractivity contribution in [3.8, 4) is 0 Å². The summed E-state index contributed by atoms with van der Waals surface area (Å²) in [6, 6.07) is 5.94. The van der Waals surface area contributed by atoms with Gasteiger partial charge in [0.25, 0.3) is 0 Å². The molecule has 3 fully saturated rings. The van der Waals surface area contributed by atoms with Gasteiger partial charge in [0.1, 0.15) is 0 Å². The number of anilines is 1. The maximum atomic E-state index is 13.0.